The summed E-state index contributed by atoms with van der Waals surface area (Å²) in [7, 11) is 0. The number of pyridine rings is 1. The van der Waals surface area contributed by atoms with E-state index >= 15 is 0 Å². The molecular weight excluding hydrogens is 280 g/mol. The zero-order valence-corrected chi connectivity index (χ0v) is 11.4. The maximum atomic E-state index is 11.0. The number of hydrogen-bond acceptors (Lipinski definition) is 6. The maximum Gasteiger partial charge on any atom is 0.278 e. The van der Waals surface area contributed by atoms with Crippen LogP contribution in [0.25, 0.3) is 10.8 Å². The summed E-state index contributed by atoms with van der Waals surface area (Å²) < 4.78 is 0. The fourth-order valence-corrected chi connectivity index (χ4v) is 2.38. The van der Waals surface area contributed by atoms with Crippen molar-refractivity contribution in [2.24, 2.45) is 0 Å². The van der Waals surface area contributed by atoms with Gasteiger partial charge in [-0.25, -0.2) is 0 Å². The molecule has 1 aromatic carbocycles. The molecule has 0 saturated carbocycles. The molecule has 0 aliphatic rings. The van der Waals surface area contributed by atoms with Crippen LogP contribution in [0.1, 0.15) is 18.1 Å². The first-order valence-corrected chi connectivity index (χ1v) is 6.67. The number of aromatic nitrogens is 1. The van der Waals surface area contributed by atoms with Gasteiger partial charge in [0.25, 0.3) is 5.69 Å². The molecule has 6 nitrogen and oxygen atoms in total. The molecule has 2 aromatic rings. The van der Waals surface area contributed by atoms with Crippen LogP contribution in [0, 0.1) is 10.1 Å². The first kappa shape index (κ1) is 14.7. The molecular formula is C13H14N2O4S. The largest absolute Gasteiger partial charge is 0.390 e. The lowest BCUT2D eigenvalue weighted by Gasteiger charge is -2.19. The van der Waals surface area contributed by atoms with E-state index in [4.69, 9.17) is 0 Å². The van der Waals surface area contributed by atoms with Crippen LogP contribution in [0.5, 0.6) is 0 Å². The molecule has 0 aliphatic heterocycles. The summed E-state index contributed by atoms with van der Waals surface area (Å²) >= 11 is 4.01. The highest BCUT2D eigenvalue weighted by Gasteiger charge is 2.22. The summed E-state index contributed by atoms with van der Waals surface area (Å²) in [4.78, 5) is 14.4. The molecule has 20 heavy (non-hydrogen) atoms. The molecule has 0 aliphatic carbocycles. The average Bonchev–Trinajstić information content (AvgIpc) is 2.45. The third-order valence-electron chi connectivity index (χ3n) is 3.13. The Kier molecular flexibility index (Phi) is 4.53. The lowest BCUT2D eigenvalue weighted by atomic mass is 9.96. The van der Waals surface area contributed by atoms with Crippen molar-refractivity contribution in [2.75, 3.05) is 5.75 Å². The lowest BCUT2D eigenvalue weighted by molar-refractivity contribution is -0.383. The quantitative estimate of drug-likeness (QED) is 0.444. The molecule has 106 valence electrons. The van der Waals surface area contributed by atoms with Crippen molar-refractivity contribution in [1.82, 2.24) is 4.98 Å². The van der Waals surface area contributed by atoms with E-state index in [1.54, 1.807) is 6.07 Å². The van der Waals surface area contributed by atoms with Crippen LogP contribution in [0.4, 0.5) is 5.69 Å². The minimum absolute atomic E-state index is 0.0762. The van der Waals surface area contributed by atoms with Crippen molar-refractivity contribution in [2.45, 2.75) is 18.6 Å². The molecule has 0 saturated heterocycles. The molecule has 1 aromatic heterocycles. The van der Waals surface area contributed by atoms with E-state index in [0.717, 1.165) is 0 Å². The Balaban J connectivity index is 2.56. The smallest absolute Gasteiger partial charge is 0.278 e. The Morgan fingerprint density at radius 2 is 2.05 bits per heavy atom. The van der Waals surface area contributed by atoms with Crippen LogP contribution in [0.3, 0.4) is 0 Å². The number of aliphatic hydroxyl groups excluding tert-OH is 2. The number of hydrogen-bond donors (Lipinski definition) is 3. The van der Waals surface area contributed by atoms with Crippen LogP contribution in [-0.4, -0.2) is 32.0 Å². The maximum absolute atomic E-state index is 11.0. The first-order valence-electron chi connectivity index (χ1n) is 6.04. The molecule has 0 radical (unpaired) electrons. The van der Waals surface area contributed by atoms with E-state index in [9.17, 15) is 20.3 Å². The topological polar surface area (TPSA) is 96.5 Å². The summed E-state index contributed by atoms with van der Waals surface area (Å²) in [5, 5.41) is 31.9. The second-order valence-electron chi connectivity index (χ2n) is 4.38. The zero-order valence-electron chi connectivity index (χ0n) is 10.5. The summed E-state index contributed by atoms with van der Waals surface area (Å²) in [6.45, 7) is 0. The van der Waals surface area contributed by atoms with Crippen LogP contribution in [0.15, 0.2) is 30.6 Å². The Bertz CT molecular complexity index is 635. The van der Waals surface area contributed by atoms with Crippen molar-refractivity contribution in [3.8, 4) is 0 Å². The van der Waals surface area contributed by atoms with E-state index < -0.39 is 17.1 Å². The van der Waals surface area contributed by atoms with Crippen LogP contribution in [0.2, 0.25) is 0 Å². The van der Waals surface area contributed by atoms with Crippen molar-refractivity contribution in [1.29, 1.82) is 0 Å². The lowest BCUT2D eigenvalue weighted by Crippen LogP contribution is -2.19. The SMILES string of the molecule is O=[N+]([O-])c1ccc(C(O)C(O)CCS)c2ccncc12. The summed E-state index contributed by atoms with van der Waals surface area (Å²) in [5.41, 5.74) is 0.370. The van der Waals surface area contributed by atoms with Crippen LogP contribution < -0.4 is 0 Å². The van der Waals surface area contributed by atoms with Gasteiger partial charge in [0.1, 0.15) is 6.10 Å². The van der Waals surface area contributed by atoms with E-state index in [0.29, 0.717) is 28.5 Å². The van der Waals surface area contributed by atoms with Gasteiger partial charge in [-0.2, -0.15) is 12.6 Å². The fraction of sp³-hybridized carbons (Fsp3) is 0.308. The molecule has 7 heteroatoms. The van der Waals surface area contributed by atoms with Gasteiger partial charge < -0.3 is 10.2 Å². The van der Waals surface area contributed by atoms with Gasteiger partial charge in [-0.15, -0.1) is 0 Å². The second-order valence-corrected chi connectivity index (χ2v) is 4.82. The monoisotopic (exact) mass is 294 g/mol. The number of non-ortho nitro benzene ring substituents is 1. The first-order chi connectivity index (χ1) is 9.56. The number of nitrogens with zero attached hydrogens (tertiary/aromatic N) is 2. The molecule has 0 spiro atoms. The zero-order chi connectivity index (χ0) is 14.7. The molecule has 0 amide bonds. The molecule has 2 N–H and O–H groups in total. The molecule has 0 fully saturated rings. The highest BCUT2D eigenvalue weighted by molar-refractivity contribution is 7.80. The van der Waals surface area contributed by atoms with E-state index in [1.165, 1.54) is 24.5 Å². The van der Waals surface area contributed by atoms with Gasteiger partial charge in [0.2, 0.25) is 0 Å². The molecule has 0 bridgehead atoms. The molecule has 1 heterocycles. The summed E-state index contributed by atoms with van der Waals surface area (Å²) in [5.74, 6) is 0.435. The predicted octanol–water partition coefficient (Wildman–Crippen LogP) is 1.86. The summed E-state index contributed by atoms with van der Waals surface area (Å²) in [6, 6.07) is 4.37. The van der Waals surface area contributed by atoms with Crippen molar-refractivity contribution in [3.05, 3.63) is 46.3 Å². The van der Waals surface area contributed by atoms with Gasteiger partial charge in [-0.3, -0.25) is 15.1 Å². The third-order valence-corrected chi connectivity index (χ3v) is 3.39. The van der Waals surface area contributed by atoms with Gasteiger partial charge in [-0.05, 0) is 35.3 Å². The Hall–Kier alpha value is -1.70. The normalized spacial score (nSPS) is 14.2. The number of benzene rings is 1. The number of rotatable bonds is 5. The van der Waals surface area contributed by atoms with Gasteiger partial charge in [-0.1, -0.05) is 0 Å². The highest BCUT2D eigenvalue weighted by atomic mass is 32.1. The van der Waals surface area contributed by atoms with Gasteiger partial charge >= 0.3 is 0 Å². The molecule has 2 unspecified atom stereocenters. The Labute approximate surface area is 120 Å². The van der Waals surface area contributed by atoms with Crippen molar-refractivity contribution in [3.63, 3.8) is 0 Å². The Morgan fingerprint density at radius 3 is 2.70 bits per heavy atom. The molecule has 2 atom stereocenters. The standard InChI is InChI=1S/C13H14N2O4S/c16-12(4-6-20)13(17)9-1-2-11(15(18)19)10-7-14-5-3-8(9)10/h1-3,5,7,12-13,16-17,20H,4,6H2. The van der Waals surface area contributed by atoms with Crippen molar-refractivity contribution >= 4 is 29.1 Å². The minimum atomic E-state index is -1.12. The number of thiol groups is 1. The Morgan fingerprint density at radius 1 is 1.30 bits per heavy atom. The fourth-order valence-electron chi connectivity index (χ4n) is 2.11. The second kappa shape index (κ2) is 6.17. The number of fused-ring (bicyclic) bond motifs is 1. The predicted molar refractivity (Wildman–Crippen MR) is 77.8 cm³/mol. The van der Waals surface area contributed by atoms with Gasteiger partial charge in [0.15, 0.2) is 0 Å². The van der Waals surface area contributed by atoms with Gasteiger partial charge in [0.05, 0.1) is 16.4 Å². The van der Waals surface area contributed by atoms with Crippen LogP contribution in [-0.2, 0) is 0 Å². The number of nitro groups is 1. The average molecular weight is 294 g/mol. The van der Waals surface area contributed by atoms with E-state index in [2.05, 4.69) is 17.6 Å². The van der Waals surface area contributed by atoms with Crippen molar-refractivity contribution < 1.29 is 15.1 Å². The van der Waals surface area contributed by atoms with E-state index in [-0.39, 0.29) is 5.69 Å². The highest BCUT2D eigenvalue weighted by Crippen LogP contribution is 2.32. The summed E-state index contributed by atoms with van der Waals surface area (Å²) in [6.07, 6.45) is 1.12. The number of nitro benzene ring substituents is 1. The minimum Gasteiger partial charge on any atom is -0.390 e. The third kappa shape index (κ3) is 2.74. The van der Waals surface area contributed by atoms with E-state index in [1.807, 2.05) is 0 Å². The van der Waals surface area contributed by atoms with Gasteiger partial charge in [0, 0.05) is 18.5 Å². The van der Waals surface area contributed by atoms with Crippen LogP contribution >= 0.6 is 12.6 Å². The number of aliphatic hydroxyl groups is 2. The molecule has 2 rings (SSSR count).